The molecule has 0 fully saturated rings. The summed E-state index contributed by atoms with van der Waals surface area (Å²) in [6, 6.07) is 0.242. The summed E-state index contributed by atoms with van der Waals surface area (Å²) in [5.41, 5.74) is 7.08. The standard InChI is InChI=1S/C15H28N4OS/c1-6-19(12(4)20)15-17-13(10-21-15)9-18(5)8-7-14(16)11(2)3/h10-11,14H,6-9,16H2,1-5H3. The second-order valence-corrected chi connectivity index (χ2v) is 6.66. The largest absolute Gasteiger partial charge is 0.327 e. The number of nitrogens with zero attached hydrogens (tertiary/aromatic N) is 3. The molecule has 6 heteroatoms. The monoisotopic (exact) mass is 312 g/mol. The molecular weight excluding hydrogens is 284 g/mol. The van der Waals surface area contributed by atoms with Crippen LogP contribution >= 0.6 is 11.3 Å². The molecule has 5 nitrogen and oxygen atoms in total. The van der Waals surface area contributed by atoms with E-state index in [1.807, 2.05) is 12.3 Å². The van der Waals surface area contributed by atoms with Gasteiger partial charge in [-0.05, 0) is 32.9 Å². The average Bonchev–Trinajstić information content (AvgIpc) is 2.84. The number of carbonyl (C=O) groups is 1. The minimum atomic E-state index is 0.0367. The van der Waals surface area contributed by atoms with Crippen LogP contribution in [0.2, 0.25) is 0 Å². The van der Waals surface area contributed by atoms with E-state index in [2.05, 4.69) is 30.8 Å². The molecule has 0 spiro atoms. The zero-order valence-corrected chi connectivity index (χ0v) is 14.6. The van der Waals surface area contributed by atoms with Crippen molar-refractivity contribution in [3.8, 4) is 0 Å². The van der Waals surface area contributed by atoms with Crippen molar-refractivity contribution in [2.75, 3.05) is 25.0 Å². The summed E-state index contributed by atoms with van der Waals surface area (Å²) >= 11 is 1.52. The number of rotatable bonds is 8. The molecule has 1 amide bonds. The molecule has 1 aromatic rings. The highest BCUT2D eigenvalue weighted by molar-refractivity contribution is 7.14. The van der Waals surface area contributed by atoms with Crippen LogP contribution in [-0.2, 0) is 11.3 Å². The third kappa shape index (κ3) is 5.73. The molecule has 0 aromatic carbocycles. The topological polar surface area (TPSA) is 62.5 Å². The van der Waals surface area contributed by atoms with Gasteiger partial charge in [-0.15, -0.1) is 11.3 Å². The predicted molar refractivity (Wildman–Crippen MR) is 89.6 cm³/mol. The van der Waals surface area contributed by atoms with E-state index in [9.17, 15) is 4.79 Å². The molecule has 0 aliphatic heterocycles. The van der Waals surface area contributed by atoms with Crippen LogP contribution in [0.1, 0.15) is 39.8 Å². The van der Waals surface area contributed by atoms with Gasteiger partial charge in [-0.3, -0.25) is 9.69 Å². The van der Waals surface area contributed by atoms with Crippen LogP contribution in [0.3, 0.4) is 0 Å². The third-order valence-electron chi connectivity index (χ3n) is 3.60. The Bertz CT molecular complexity index is 447. The summed E-state index contributed by atoms with van der Waals surface area (Å²) in [7, 11) is 2.08. The molecule has 1 unspecified atom stereocenters. The molecule has 120 valence electrons. The molecule has 0 aliphatic rings. The molecule has 2 N–H and O–H groups in total. The number of amides is 1. The van der Waals surface area contributed by atoms with Gasteiger partial charge in [0.05, 0.1) is 5.69 Å². The van der Waals surface area contributed by atoms with Gasteiger partial charge in [-0.1, -0.05) is 13.8 Å². The lowest BCUT2D eigenvalue weighted by atomic mass is 10.0. The van der Waals surface area contributed by atoms with Crippen LogP contribution in [0.5, 0.6) is 0 Å². The van der Waals surface area contributed by atoms with E-state index >= 15 is 0 Å². The van der Waals surface area contributed by atoms with Crippen molar-refractivity contribution in [2.45, 2.75) is 46.7 Å². The Kier molecular flexibility index (Phi) is 7.28. The van der Waals surface area contributed by atoms with Gasteiger partial charge in [0.1, 0.15) is 0 Å². The highest BCUT2D eigenvalue weighted by Crippen LogP contribution is 2.21. The zero-order chi connectivity index (χ0) is 16.0. The molecular formula is C15H28N4OS. The van der Waals surface area contributed by atoms with Crippen molar-refractivity contribution in [1.29, 1.82) is 0 Å². The molecule has 0 saturated heterocycles. The van der Waals surface area contributed by atoms with E-state index < -0.39 is 0 Å². The van der Waals surface area contributed by atoms with E-state index in [4.69, 9.17) is 5.73 Å². The summed E-state index contributed by atoms with van der Waals surface area (Å²) in [6.45, 7) is 10.2. The van der Waals surface area contributed by atoms with E-state index in [0.29, 0.717) is 12.5 Å². The first-order valence-corrected chi connectivity index (χ1v) is 8.39. The maximum Gasteiger partial charge on any atom is 0.225 e. The summed E-state index contributed by atoms with van der Waals surface area (Å²) in [6.07, 6.45) is 0.986. The lowest BCUT2D eigenvalue weighted by molar-refractivity contribution is -0.116. The van der Waals surface area contributed by atoms with Crippen LogP contribution in [0.4, 0.5) is 5.13 Å². The van der Waals surface area contributed by atoms with E-state index in [0.717, 1.165) is 30.3 Å². The maximum atomic E-state index is 11.5. The fourth-order valence-corrected chi connectivity index (χ4v) is 2.97. The first-order chi connectivity index (χ1) is 9.85. The van der Waals surface area contributed by atoms with Gasteiger partial charge < -0.3 is 10.6 Å². The Balaban J connectivity index is 2.52. The maximum absolute atomic E-state index is 11.5. The highest BCUT2D eigenvalue weighted by Gasteiger charge is 2.14. The van der Waals surface area contributed by atoms with E-state index in [-0.39, 0.29) is 11.9 Å². The zero-order valence-electron chi connectivity index (χ0n) is 13.8. The quantitative estimate of drug-likeness (QED) is 0.800. The summed E-state index contributed by atoms with van der Waals surface area (Å²) in [4.78, 5) is 20.0. The molecule has 1 aromatic heterocycles. The number of hydrogen-bond donors (Lipinski definition) is 1. The van der Waals surface area contributed by atoms with Gasteiger partial charge in [0.2, 0.25) is 5.91 Å². The van der Waals surface area contributed by atoms with Crippen LogP contribution in [0, 0.1) is 5.92 Å². The van der Waals surface area contributed by atoms with Crippen molar-refractivity contribution in [3.05, 3.63) is 11.1 Å². The second kappa shape index (κ2) is 8.46. The van der Waals surface area contributed by atoms with Crippen molar-refractivity contribution >= 4 is 22.4 Å². The van der Waals surface area contributed by atoms with E-state index in [1.54, 1.807) is 11.8 Å². The van der Waals surface area contributed by atoms with Gasteiger partial charge in [0.15, 0.2) is 5.13 Å². The summed E-state index contributed by atoms with van der Waals surface area (Å²) in [5.74, 6) is 0.549. The van der Waals surface area contributed by atoms with Gasteiger partial charge >= 0.3 is 0 Å². The summed E-state index contributed by atoms with van der Waals surface area (Å²) in [5, 5.41) is 2.81. The molecule has 0 saturated carbocycles. The number of nitrogens with two attached hydrogens (primary N) is 1. The molecule has 21 heavy (non-hydrogen) atoms. The van der Waals surface area contributed by atoms with Crippen molar-refractivity contribution in [1.82, 2.24) is 9.88 Å². The van der Waals surface area contributed by atoms with Gasteiger partial charge in [0, 0.05) is 31.4 Å². The smallest absolute Gasteiger partial charge is 0.225 e. The third-order valence-corrected chi connectivity index (χ3v) is 4.51. The van der Waals surface area contributed by atoms with Gasteiger partial charge in [-0.2, -0.15) is 0 Å². The van der Waals surface area contributed by atoms with Gasteiger partial charge in [-0.25, -0.2) is 4.98 Å². The van der Waals surface area contributed by atoms with Crippen LogP contribution in [-0.4, -0.2) is 42.0 Å². The fourth-order valence-electron chi connectivity index (χ4n) is 2.04. The van der Waals surface area contributed by atoms with Crippen molar-refractivity contribution in [3.63, 3.8) is 0 Å². The Morgan fingerprint density at radius 3 is 2.67 bits per heavy atom. The van der Waals surface area contributed by atoms with Crippen LogP contribution in [0.15, 0.2) is 5.38 Å². The first kappa shape index (κ1) is 18.1. The molecule has 0 aliphatic carbocycles. The predicted octanol–water partition coefficient (Wildman–Crippen LogP) is 2.32. The molecule has 0 radical (unpaired) electrons. The number of thiazole rings is 1. The lowest BCUT2D eigenvalue weighted by Crippen LogP contribution is -2.31. The highest BCUT2D eigenvalue weighted by atomic mass is 32.1. The molecule has 0 bridgehead atoms. The van der Waals surface area contributed by atoms with E-state index in [1.165, 1.54) is 11.3 Å². The van der Waals surface area contributed by atoms with Crippen molar-refractivity contribution in [2.24, 2.45) is 11.7 Å². The Labute approximate surface area is 132 Å². The van der Waals surface area contributed by atoms with Crippen LogP contribution < -0.4 is 10.6 Å². The fraction of sp³-hybridized carbons (Fsp3) is 0.733. The van der Waals surface area contributed by atoms with Gasteiger partial charge in [0.25, 0.3) is 0 Å². The number of aromatic nitrogens is 1. The Hall–Kier alpha value is -0.980. The number of hydrogen-bond acceptors (Lipinski definition) is 5. The normalized spacial score (nSPS) is 13.0. The second-order valence-electron chi connectivity index (χ2n) is 5.82. The Morgan fingerprint density at radius 2 is 2.14 bits per heavy atom. The average molecular weight is 312 g/mol. The minimum Gasteiger partial charge on any atom is -0.327 e. The SMILES string of the molecule is CCN(C(C)=O)c1nc(CN(C)CCC(N)C(C)C)cs1. The molecule has 1 heterocycles. The van der Waals surface area contributed by atoms with Crippen LogP contribution in [0.25, 0.3) is 0 Å². The number of anilines is 1. The molecule has 1 rings (SSSR count). The first-order valence-electron chi connectivity index (χ1n) is 7.51. The molecule has 1 atom stereocenters. The summed E-state index contributed by atoms with van der Waals surface area (Å²) < 4.78 is 0. The minimum absolute atomic E-state index is 0.0367. The van der Waals surface area contributed by atoms with Crippen molar-refractivity contribution < 1.29 is 4.79 Å². The lowest BCUT2D eigenvalue weighted by Gasteiger charge is -2.20. The number of carbonyl (C=O) groups excluding carboxylic acids is 1. The Morgan fingerprint density at radius 1 is 1.48 bits per heavy atom.